The fourth-order valence-electron chi connectivity index (χ4n) is 3.14. The highest BCUT2D eigenvalue weighted by atomic mass is 35.5. The molecule has 1 aliphatic rings. The molecule has 1 fully saturated rings. The van der Waals surface area contributed by atoms with Gasteiger partial charge in [0.05, 0.1) is 6.20 Å². The normalized spacial score (nSPS) is 15.2. The van der Waals surface area contributed by atoms with Crippen molar-refractivity contribution in [2.24, 2.45) is 7.05 Å². The molecule has 0 radical (unpaired) electrons. The molecule has 7 nitrogen and oxygen atoms in total. The molecule has 1 atom stereocenters. The minimum Gasteiger partial charge on any atom is -0.337 e. The number of piperazine rings is 1. The third kappa shape index (κ3) is 4.64. The van der Waals surface area contributed by atoms with Crippen LogP contribution in [0.2, 0.25) is 0 Å². The molecule has 1 saturated heterocycles. The summed E-state index contributed by atoms with van der Waals surface area (Å²) in [5, 5.41) is 7.14. The summed E-state index contributed by atoms with van der Waals surface area (Å²) in [6.07, 6.45) is 3.48. The summed E-state index contributed by atoms with van der Waals surface area (Å²) in [4.78, 5) is 28.7. The van der Waals surface area contributed by atoms with Gasteiger partial charge in [-0.3, -0.25) is 14.3 Å². The molecule has 1 unspecified atom stereocenters. The van der Waals surface area contributed by atoms with Crippen molar-refractivity contribution in [2.75, 3.05) is 33.2 Å². The molecule has 1 aliphatic heterocycles. The first-order valence-electron chi connectivity index (χ1n) is 8.49. The standard InChI is InChI=1S/C18H22FN5O2.ClH/c1-20-16(14-11-21-22(2)12-14)18(26)24-8-6-23(7-9-24)17(25)13-4-3-5-15(19)10-13;/h3-5,10-12,16,20H,6-9H2,1-2H3;1H. The maximum atomic E-state index is 13.3. The number of carbonyl (C=O) groups excluding carboxylic acids is 2. The smallest absolute Gasteiger partial charge is 0.254 e. The van der Waals surface area contributed by atoms with E-state index in [4.69, 9.17) is 0 Å². The summed E-state index contributed by atoms with van der Waals surface area (Å²) >= 11 is 0. The van der Waals surface area contributed by atoms with Crippen molar-refractivity contribution in [3.05, 3.63) is 53.6 Å². The summed E-state index contributed by atoms with van der Waals surface area (Å²) in [6, 6.07) is 5.20. The Morgan fingerprint density at radius 2 is 1.85 bits per heavy atom. The molecule has 27 heavy (non-hydrogen) atoms. The van der Waals surface area contributed by atoms with E-state index < -0.39 is 11.9 Å². The number of halogens is 2. The number of carbonyl (C=O) groups is 2. The number of nitrogens with zero attached hydrogens (tertiary/aromatic N) is 4. The minimum absolute atomic E-state index is 0. The highest BCUT2D eigenvalue weighted by molar-refractivity contribution is 5.94. The Bertz CT molecular complexity index is 805. The summed E-state index contributed by atoms with van der Waals surface area (Å²) in [7, 11) is 3.54. The van der Waals surface area contributed by atoms with E-state index in [1.54, 1.807) is 40.8 Å². The first-order valence-corrected chi connectivity index (χ1v) is 8.49. The Kier molecular flexibility index (Phi) is 6.92. The monoisotopic (exact) mass is 395 g/mol. The first-order chi connectivity index (χ1) is 12.5. The van der Waals surface area contributed by atoms with Crippen LogP contribution in [0.15, 0.2) is 36.7 Å². The number of amides is 2. The lowest BCUT2D eigenvalue weighted by atomic mass is 10.1. The number of hydrogen-bond acceptors (Lipinski definition) is 4. The summed E-state index contributed by atoms with van der Waals surface area (Å²) < 4.78 is 15.0. The van der Waals surface area contributed by atoms with Crippen molar-refractivity contribution in [3.63, 3.8) is 0 Å². The van der Waals surface area contributed by atoms with Crippen LogP contribution in [0, 0.1) is 5.82 Å². The van der Waals surface area contributed by atoms with Crippen LogP contribution in [-0.2, 0) is 11.8 Å². The third-order valence-electron chi connectivity index (χ3n) is 4.54. The number of hydrogen-bond donors (Lipinski definition) is 1. The zero-order chi connectivity index (χ0) is 18.7. The van der Waals surface area contributed by atoms with Gasteiger partial charge in [0.15, 0.2) is 0 Å². The van der Waals surface area contributed by atoms with E-state index in [-0.39, 0.29) is 24.2 Å². The van der Waals surface area contributed by atoms with E-state index in [0.717, 1.165) is 5.56 Å². The molecule has 1 aromatic heterocycles. The van der Waals surface area contributed by atoms with Crippen LogP contribution in [0.1, 0.15) is 22.0 Å². The van der Waals surface area contributed by atoms with Gasteiger partial charge in [0.25, 0.3) is 5.91 Å². The van der Waals surface area contributed by atoms with Crippen molar-refractivity contribution in [3.8, 4) is 0 Å². The summed E-state index contributed by atoms with van der Waals surface area (Å²) in [6.45, 7) is 1.73. The van der Waals surface area contributed by atoms with E-state index >= 15 is 0 Å². The Hall–Kier alpha value is -2.45. The van der Waals surface area contributed by atoms with Crippen molar-refractivity contribution < 1.29 is 14.0 Å². The highest BCUT2D eigenvalue weighted by Gasteiger charge is 2.30. The van der Waals surface area contributed by atoms with Crippen LogP contribution in [-0.4, -0.2) is 64.6 Å². The molecule has 2 heterocycles. The molecule has 1 N–H and O–H groups in total. The van der Waals surface area contributed by atoms with Crippen molar-refractivity contribution >= 4 is 24.2 Å². The topological polar surface area (TPSA) is 70.5 Å². The number of nitrogens with one attached hydrogen (secondary N) is 1. The number of aromatic nitrogens is 2. The number of aryl methyl sites for hydroxylation is 1. The average Bonchev–Trinajstić information content (AvgIpc) is 3.08. The zero-order valence-corrected chi connectivity index (χ0v) is 16.1. The van der Waals surface area contributed by atoms with Gasteiger partial charge in [0.1, 0.15) is 11.9 Å². The third-order valence-corrected chi connectivity index (χ3v) is 4.54. The summed E-state index contributed by atoms with van der Waals surface area (Å²) in [5.74, 6) is -0.689. The summed E-state index contributed by atoms with van der Waals surface area (Å²) in [5.41, 5.74) is 1.13. The number of rotatable bonds is 4. The molecule has 2 aromatic rings. The second-order valence-electron chi connectivity index (χ2n) is 6.30. The van der Waals surface area contributed by atoms with Gasteiger partial charge in [-0.15, -0.1) is 12.4 Å². The average molecular weight is 396 g/mol. The van der Waals surface area contributed by atoms with Gasteiger partial charge < -0.3 is 15.1 Å². The van der Waals surface area contributed by atoms with Crippen molar-refractivity contribution in [1.29, 1.82) is 0 Å². The molecular formula is C18H23ClFN5O2. The molecule has 3 rings (SSSR count). The molecule has 1 aromatic carbocycles. The quantitative estimate of drug-likeness (QED) is 0.845. The lowest BCUT2D eigenvalue weighted by molar-refractivity contribution is -0.135. The van der Waals surface area contributed by atoms with Gasteiger partial charge in [-0.2, -0.15) is 5.10 Å². The van der Waals surface area contributed by atoms with Crippen molar-refractivity contribution in [2.45, 2.75) is 6.04 Å². The maximum absolute atomic E-state index is 13.3. The lowest BCUT2D eigenvalue weighted by Crippen LogP contribution is -2.52. The number of likely N-dealkylation sites (N-methyl/N-ethyl adjacent to an activating group) is 1. The van der Waals surface area contributed by atoms with Gasteiger partial charge in [-0.05, 0) is 25.2 Å². The second-order valence-corrected chi connectivity index (χ2v) is 6.30. The second kappa shape index (κ2) is 8.96. The highest BCUT2D eigenvalue weighted by Crippen LogP contribution is 2.17. The molecule has 146 valence electrons. The van der Waals surface area contributed by atoms with E-state index in [2.05, 4.69) is 10.4 Å². The minimum atomic E-state index is -0.464. The molecule has 9 heteroatoms. The van der Waals surface area contributed by atoms with Gasteiger partial charge in [0.2, 0.25) is 5.91 Å². The Balaban J connectivity index is 0.00000261. The van der Waals surface area contributed by atoms with Gasteiger partial charge in [-0.1, -0.05) is 6.07 Å². The van der Waals surface area contributed by atoms with Gasteiger partial charge >= 0.3 is 0 Å². The Labute approximate surface area is 163 Å². The van der Waals surface area contributed by atoms with Gasteiger partial charge in [0, 0.05) is 50.6 Å². The predicted octanol–water partition coefficient (Wildman–Crippen LogP) is 1.23. The first kappa shape index (κ1) is 20.9. The fraction of sp³-hybridized carbons (Fsp3) is 0.389. The van der Waals surface area contributed by atoms with Crippen molar-refractivity contribution in [1.82, 2.24) is 24.9 Å². The molecular weight excluding hydrogens is 373 g/mol. The Morgan fingerprint density at radius 3 is 2.41 bits per heavy atom. The number of benzene rings is 1. The van der Waals surface area contributed by atoms with E-state index in [1.807, 2.05) is 6.20 Å². The van der Waals surface area contributed by atoms with Crippen LogP contribution >= 0.6 is 12.4 Å². The lowest BCUT2D eigenvalue weighted by Gasteiger charge is -2.36. The molecule has 0 aliphatic carbocycles. The molecule has 0 spiro atoms. The van der Waals surface area contributed by atoms with Crippen LogP contribution in [0.4, 0.5) is 4.39 Å². The molecule has 2 amide bonds. The largest absolute Gasteiger partial charge is 0.337 e. The fourth-order valence-corrected chi connectivity index (χ4v) is 3.14. The van der Waals surface area contributed by atoms with Crippen LogP contribution in [0.5, 0.6) is 0 Å². The predicted molar refractivity (Wildman–Crippen MR) is 101 cm³/mol. The van der Waals surface area contributed by atoms with E-state index in [0.29, 0.717) is 31.7 Å². The van der Waals surface area contributed by atoms with E-state index in [1.165, 1.54) is 18.2 Å². The van der Waals surface area contributed by atoms with E-state index in [9.17, 15) is 14.0 Å². The molecule has 0 bridgehead atoms. The molecule has 0 saturated carbocycles. The Morgan fingerprint density at radius 1 is 1.19 bits per heavy atom. The van der Waals surface area contributed by atoms with Crippen LogP contribution in [0.25, 0.3) is 0 Å². The van der Waals surface area contributed by atoms with Crippen LogP contribution in [0.3, 0.4) is 0 Å². The van der Waals surface area contributed by atoms with Gasteiger partial charge in [-0.25, -0.2) is 4.39 Å². The zero-order valence-electron chi connectivity index (χ0n) is 15.3. The SMILES string of the molecule is CNC(C(=O)N1CCN(C(=O)c2cccc(F)c2)CC1)c1cnn(C)c1.Cl. The van der Waals surface area contributed by atoms with Crippen LogP contribution < -0.4 is 5.32 Å². The maximum Gasteiger partial charge on any atom is 0.254 e.